The monoisotopic (exact) mass is 472 g/mol. The van der Waals surface area contributed by atoms with Crippen molar-refractivity contribution in [2.75, 3.05) is 24.2 Å². The third-order valence-electron chi connectivity index (χ3n) is 4.42. The Balaban J connectivity index is 1.52. The van der Waals surface area contributed by atoms with Crippen LogP contribution in [0, 0.1) is 5.92 Å². The average Bonchev–Trinajstić information content (AvgIpc) is 3.13. The Hall–Kier alpha value is -1.46. The van der Waals surface area contributed by atoms with Crippen LogP contribution in [0.3, 0.4) is 0 Å². The molecule has 0 spiro atoms. The molecule has 1 aromatic carbocycles. The van der Waals surface area contributed by atoms with Crippen molar-refractivity contribution in [1.82, 2.24) is 14.5 Å². The summed E-state index contributed by atoms with van der Waals surface area (Å²) < 4.78 is 27.6. The second-order valence-electron chi connectivity index (χ2n) is 6.52. The number of halogens is 1. The molecule has 0 unspecified atom stereocenters. The zero-order valence-corrected chi connectivity index (χ0v) is 18.8. The van der Waals surface area contributed by atoms with Crippen LogP contribution in [-0.4, -0.2) is 47.7 Å². The van der Waals surface area contributed by atoms with E-state index < -0.39 is 10.0 Å². The molecule has 3 rings (SSSR count). The minimum atomic E-state index is -3.45. The molecule has 2 heterocycles. The number of thioether (sulfide) groups is 1. The van der Waals surface area contributed by atoms with Crippen LogP contribution in [-0.2, 0) is 20.6 Å². The number of hydrogen-bond acceptors (Lipinski definition) is 7. The van der Waals surface area contributed by atoms with Crippen LogP contribution in [0.25, 0.3) is 0 Å². The van der Waals surface area contributed by atoms with Crippen molar-refractivity contribution in [1.29, 1.82) is 0 Å². The van der Waals surface area contributed by atoms with E-state index in [4.69, 9.17) is 11.6 Å². The van der Waals surface area contributed by atoms with Gasteiger partial charge in [0.25, 0.3) is 0 Å². The van der Waals surface area contributed by atoms with Crippen LogP contribution in [0.5, 0.6) is 0 Å². The first kappa shape index (κ1) is 22.2. The molecule has 0 atom stereocenters. The molecule has 0 aliphatic carbocycles. The summed E-state index contributed by atoms with van der Waals surface area (Å²) in [7, 11) is -3.45. The fourth-order valence-corrected chi connectivity index (χ4v) is 6.26. The maximum absolute atomic E-state index is 12.7. The molecule has 1 aromatic heterocycles. The molecule has 1 aliphatic heterocycles. The van der Waals surface area contributed by atoms with Gasteiger partial charge in [-0.15, -0.1) is 16.8 Å². The number of nitrogens with zero attached hydrogens (tertiary/aromatic N) is 3. The maximum Gasteiger partial charge on any atom is 0.229 e. The summed E-state index contributed by atoms with van der Waals surface area (Å²) in [4.78, 5) is 12.5. The number of amides is 1. The number of piperidine rings is 1. The van der Waals surface area contributed by atoms with Crippen LogP contribution in [0.2, 0.25) is 5.02 Å². The minimum Gasteiger partial charge on any atom is -0.300 e. The third kappa shape index (κ3) is 6.26. The third-order valence-corrected chi connectivity index (χ3v) is 8.47. The predicted molar refractivity (Wildman–Crippen MR) is 118 cm³/mol. The number of aromatic nitrogens is 2. The second kappa shape index (κ2) is 10.0. The van der Waals surface area contributed by atoms with Gasteiger partial charge in [-0.1, -0.05) is 52.9 Å². The lowest BCUT2D eigenvalue weighted by atomic mass is 9.97. The molecule has 11 heteroatoms. The largest absolute Gasteiger partial charge is 0.300 e. The molecule has 2 aromatic rings. The molecule has 0 bridgehead atoms. The smallest absolute Gasteiger partial charge is 0.229 e. The zero-order valence-electron chi connectivity index (χ0n) is 15.6. The summed E-state index contributed by atoms with van der Waals surface area (Å²) >= 11 is 8.76. The summed E-state index contributed by atoms with van der Waals surface area (Å²) in [6, 6.07) is 6.84. The van der Waals surface area contributed by atoms with Gasteiger partial charge >= 0.3 is 0 Å². The number of hydrogen-bond donors (Lipinski definition) is 1. The normalized spacial score (nSPS) is 15.9. The topological polar surface area (TPSA) is 92.3 Å². The molecule has 1 fully saturated rings. The zero-order chi connectivity index (χ0) is 20.9. The van der Waals surface area contributed by atoms with Crippen molar-refractivity contribution in [3.05, 3.63) is 47.5 Å². The Morgan fingerprint density at radius 3 is 2.83 bits per heavy atom. The SMILES string of the molecule is C=CCSc1nnc(NC(=O)C2CCN(S(=O)(=O)Cc3cccc(Cl)c3)CC2)s1. The van der Waals surface area contributed by atoms with Crippen molar-refractivity contribution in [3.63, 3.8) is 0 Å². The van der Waals surface area contributed by atoms with Gasteiger partial charge in [-0.25, -0.2) is 12.7 Å². The number of carbonyl (C=O) groups excluding carboxylic acids is 1. The first-order valence-electron chi connectivity index (χ1n) is 8.97. The fraction of sp³-hybridized carbons (Fsp3) is 0.389. The van der Waals surface area contributed by atoms with E-state index in [9.17, 15) is 13.2 Å². The molecular weight excluding hydrogens is 452 g/mol. The number of benzene rings is 1. The van der Waals surface area contributed by atoms with Gasteiger partial charge in [0.15, 0.2) is 4.34 Å². The van der Waals surface area contributed by atoms with Gasteiger partial charge in [-0.3, -0.25) is 4.79 Å². The Morgan fingerprint density at radius 1 is 1.38 bits per heavy atom. The van der Waals surface area contributed by atoms with E-state index in [1.54, 1.807) is 30.3 Å². The van der Waals surface area contributed by atoms with Gasteiger partial charge in [-0.2, -0.15) is 0 Å². The van der Waals surface area contributed by atoms with Crippen molar-refractivity contribution in [2.45, 2.75) is 22.9 Å². The lowest BCUT2D eigenvalue weighted by Gasteiger charge is -2.30. The van der Waals surface area contributed by atoms with Crippen molar-refractivity contribution in [2.24, 2.45) is 5.92 Å². The van der Waals surface area contributed by atoms with E-state index in [-0.39, 0.29) is 17.6 Å². The highest BCUT2D eigenvalue weighted by atomic mass is 35.5. The van der Waals surface area contributed by atoms with Crippen LogP contribution in [0.1, 0.15) is 18.4 Å². The Kier molecular flexibility index (Phi) is 7.69. The first-order chi connectivity index (χ1) is 13.9. The molecule has 1 N–H and O–H groups in total. The van der Waals surface area contributed by atoms with Crippen LogP contribution in [0.4, 0.5) is 5.13 Å². The molecule has 1 aliphatic rings. The van der Waals surface area contributed by atoms with Crippen LogP contribution >= 0.6 is 34.7 Å². The van der Waals surface area contributed by atoms with Crippen molar-refractivity contribution in [3.8, 4) is 0 Å². The molecule has 7 nitrogen and oxygen atoms in total. The van der Waals surface area contributed by atoms with Gasteiger partial charge in [0.05, 0.1) is 5.75 Å². The summed E-state index contributed by atoms with van der Waals surface area (Å²) in [5, 5.41) is 11.7. The van der Waals surface area contributed by atoms with E-state index >= 15 is 0 Å². The number of nitrogens with one attached hydrogen (secondary N) is 1. The summed E-state index contributed by atoms with van der Waals surface area (Å²) in [5.41, 5.74) is 0.652. The quantitative estimate of drug-likeness (QED) is 0.358. The molecule has 1 saturated heterocycles. The van der Waals surface area contributed by atoms with Crippen molar-refractivity contribution >= 4 is 55.8 Å². The summed E-state index contributed by atoms with van der Waals surface area (Å²) in [6.07, 6.45) is 2.72. The van der Waals surface area contributed by atoms with E-state index in [1.165, 1.54) is 27.4 Å². The molecule has 29 heavy (non-hydrogen) atoms. The second-order valence-corrected chi connectivity index (χ2v) is 11.2. The predicted octanol–water partition coefficient (Wildman–Crippen LogP) is 3.65. The van der Waals surface area contributed by atoms with Crippen molar-refractivity contribution < 1.29 is 13.2 Å². The molecule has 1 amide bonds. The van der Waals surface area contributed by atoms with Gasteiger partial charge in [0.1, 0.15) is 0 Å². The van der Waals surface area contributed by atoms with E-state index in [0.29, 0.717) is 41.6 Å². The van der Waals surface area contributed by atoms with Gasteiger partial charge in [-0.05, 0) is 30.5 Å². The Bertz CT molecular complexity index is 972. The first-order valence-corrected chi connectivity index (χ1v) is 12.8. The summed E-state index contributed by atoms with van der Waals surface area (Å²) in [5.74, 6) is 0.236. The number of anilines is 1. The fourth-order valence-electron chi connectivity index (χ4n) is 2.98. The van der Waals surface area contributed by atoms with E-state index in [2.05, 4.69) is 22.1 Å². The Labute approximate surface area is 183 Å². The number of rotatable bonds is 8. The Morgan fingerprint density at radius 2 is 2.14 bits per heavy atom. The minimum absolute atomic E-state index is 0.0969. The highest BCUT2D eigenvalue weighted by Gasteiger charge is 2.31. The van der Waals surface area contributed by atoms with Gasteiger partial charge < -0.3 is 5.32 Å². The van der Waals surface area contributed by atoms with Crippen LogP contribution in [0.15, 0.2) is 41.3 Å². The number of carbonyl (C=O) groups is 1. The highest BCUT2D eigenvalue weighted by Crippen LogP contribution is 2.27. The van der Waals surface area contributed by atoms with Crippen LogP contribution < -0.4 is 5.32 Å². The molecule has 0 saturated carbocycles. The lowest BCUT2D eigenvalue weighted by molar-refractivity contribution is -0.120. The van der Waals surface area contributed by atoms with E-state index in [1.807, 2.05) is 0 Å². The van der Waals surface area contributed by atoms with Gasteiger partial charge in [0.2, 0.25) is 21.1 Å². The van der Waals surface area contributed by atoms with Gasteiger partial charge in [0, 0.05) is 29.8 Å². The maximum atomic E-state index is 12.7. The molecule has 156 valence electrons. The number of sulfonamides is 1. The average molecular weight is 473 g/mol. The van der Waals surface area contributed by atoms with E-state index in [0.717, 1.165) is 10.1 Å². The highest BCUT2D eigenvalue weighted by molar-refractivity contribution is 8.01. The standard InChI is InChI=1S/C18H21ClN4O3S3/c1-2-10-27-18-22-21-17(28-18)20-16(24)14-6-8-23(9-7-14)29(25,26)12-13-4-3-5-15(19)11-13/h2-5,11,14H,1,6-10,12H2,(H,20,21,24). The molecular formula is C18H21ClN4O3S3. The molecule has 0 radical (unpaired) electrons. The summed E-state index contributed by atoms with van der Waals surface area (Å²) in [6.45, 7) is 4.29. The lowest BCUT2D eigenvalue weighted by Crippen LogP contribution is -2.41.